The maximum absolute atomic E-state index is 10.1. The van der Waals surface area contributed by atoms with Gasteiger partial charge in [0, 0.05) is 13.3 Å². The first-order valence-corrected chi connectivity index (χ1v) is 10.4. The van der Waals surface area contributed by atoms with Crippen LogP contribution in [0.4, 0.5) is 0 Å². The fraction of sp³-hybridized carbons (Fsp3) is 0.846. The molecule has 0 aromatic carbocycles. The van der Waals surface area contributed by atoms with E-state index in [4.69, 9.17) is 14.7 Å². The Morgan fingerprint density at radius 1 is 1.19 bits per heavy atom. The van der Waals surface area contributed by atoms with Gasteiger partial charge in [0.05, 0.1) is 6.61 Å². The van der Waals surface area contributed by atoms with Gasteiger partial charge in [-0.25, -0.2) is 4.57 Å². The highest BCUT2D eigenvalue weighted by Gasteiger charge is 2.14. The normalized spacial score (nSPS) is 11.9. The van der Waals surface area contributed by atoms with Gasteiger partial charge in [-0.15, -0.1) is 6.58 Å². The van der Waals surface area contributed by atoms with Crippen LogP contribution in [0.25, 0.3) is 0 Å². The topological polar surface area (TPSA) is 104 Å². The minimum atomic E-state index is -4.23. The van der Waals surface area contributed by atoms with Crippen molar-refractivity contribution in [2.24, 2.45) is 5.92 Å². The number of hydrogen-bond donors (Lipinski definition) is 3. The fourth-order valence-electron chi connectivity index (χ4n) is 0.342. The smallest absolute Gasteiger partial charge is 0.345 e. The summed E-state index contributed by atoms with van der Waals surface area (Å²) in [6, 6.07) is 0. The first-order chi connectivity index (χ1) is 8.72. The third kappa shape index (κ3) is 64.7. The van der Waals surface area contributed by atoms with Crippen molar-refractivity contribution in [2.75, 3.05) is 19.9 Å². The fourth-order valence-corrected chi connectivity index (χ4v) is 0.791. The maximum Gasteiger partial charge on any atom is 0.469 e. The molecule has 1 atom stereocenters. The van der Waals surface area contributed by atoms with Crippen LogP contribution < -0.4 is 0 Å². The summed E-state index contributed by atoms with van der Waals surface area (Å²) in [5.74, 6) is 0.202. The van der Waals surface area contributed by atoms with Crippen molar-refractivity contribution < 1.29 is 28.3 Å². The Morgan fingerprint density at radius 2 is 1.48 bits per heavy atom. The van der Waals surface area contributed by atoms with Gasteiger partial charge in [0.25, 0.3) is 0 Å². The minimum absolute atomic E-state index is 0. The largest absolute Gasteiger partial charge is 0.469 e. The molecule has 0 heterocycles. The molecule has 1 unspecified atom stereocenters. The molecule has 8 heteroatoms. The lowest BCUT2D eigenvalue weighted by molar-refractivity contribution is 0.171. The van der Waals surface area contributed by atoms with Crippen LogP contribution >= 0.6 is 15.2 Å². The molecule has 6 nitrogen and oxygen atoms in total. The predicted octanol–water partition coefficient (Wildman–Crippen LogP) is 4.27. The Bertz CT molecular complexity index is 323. The van der Waals surface area contributed by atoms with Crippen LogP contribution in [0.1, 0.15) is 48.0 Å². The van der Waals surface area contributed by atoms with Crippen molar-refractivity contribution in [3.05, 3.63) is 12.2 Å². The maximum atomic E-state index is 10.1. The first-order valence-electron chi connectivity index (χ1n) is 6.35. The number of allylic oxidation sites excluding steroid dienone is 1. The third-order valence-corrected chi connectivity index (χ3v) is 2.31. The van der Waals surface area contributed by atoms with Gasteiger partial charge in [0.1, 0.15) is 0 Å². The lowest BCUT2D eigenvalue weighted by Crippen LogP contribution is -2.02. The van der Waals surface area contributed by atoms with Crippen LogP contribution in [0.3, 0.4) is 0 Å². The Balaban J connectivity index is -0.000000112. The SMILES string of the molecule is C.C=C(C)CC.CCC(C)COP(=O)(O)O.CP(C)(=O)O. The van der Waals surface area contributed by atoms with E-state index in [9.17, 15) is 9.13 Å². The van der Waals surface area contributed by atoms with Crippen molar-refractivity contribution in [1.29, 1.82) is 0 Å². The molecule has 0 fully saturated rings. The van der Waals surface area contributed by atoms with Crippen molar-refractivity contribution >= 4 is 15.2 Å². The van der Waals surface area contributed by atoms with Crippen LogP contribution in [0.5, 0.6) is 0 Å². The van der Waals surface area contributed by atoms with E-state index in [1.165, 1.54) is 18.9 Å². The molecule has 0 spiro atoms. The Kier molecular flexibility index (Phi) is 20.7. The highest BCUT2D eigenvalue weighted by Crippen LogP contribution is 2.36. The predicted molar refractivity (Wildman–Crippen MR) is 91.0 cm³/mol. The molecule has 0 aliphatic carbocycles. The molecule has 21 heavy (non-hydrogen) atoms. The molecule has 132 valence electrons. The highest BCUT2D eigenvalue weighted by atomic mass is 31.2. The molecular formula is C13H34O6P2. The number of phosphoric ester groups is 1. The zero-order valence-corrected chi connectivity index (χ0v) is 15.2. The van der Waals surface area contributed by atoms with Gasteiger partial charge in [0.2, 0.25) is 0 Å². The summed E-state index contributed by atoms with van der Waals surface area (Å²) in [4.78, 5) is 24.6. The molecule has 0 bridgehead atoms. The second-order valence-electron chi connectivity index (χ2n) is 4.90. The molecule has 0 rings (SSSR count). The van der Waals surface area contributed by atoms with Crippen LogP contribution in [-0.2, 0) is 13.7 Å². The monoisotopic (exact) mass is 348 g/mol. The van der Waals surface area contributed by atoms with E-state index >= 15 is 0 Å². The summed E-state index contributed by atoms with van der Waals surface area (Å²) in [6.07, 6.45) is 1.97. The molecule has 0 saturated carbocycles. The number of phosphoric acid groups is 1. The summed E-state index contributed by atoms with van der Waals surface area (Å²) >= 11 is 0. The van der Waals surface area contributed by atoms with E-state index in [0.29, 0.717) is 0 Å². The van der Waals surface area contributed by atoms with Crippen LogP contribution in [-0.4, -0.2) is 34.6 Å². The average molecular weight is 348 g/mol. The molecule has 0 aliphatic rings. The quantitative estimate of drug-likeness (QED) is 0.506. The summed E-state index contributed by atoms with van der Waals surface area (Å²) in [6.45, 7) is 14.3. The summed E-state index contributed by atoms with van der Waals surface area (Å²) in [7, 11) is -6.87. The van der Waals surface area contributed by atoms with Gasteiger partial charge in [-0.05, 0) is 19.3 Å². The zero-order valence-electron chi connectivity index (χ0n) is 13.4. The lowest BCUT2D eigenvalue weighted by Gasteiger charge is -2.08. The zero-order chi connectivity index (χ0) is 17.0. The second kappa shape index (κ2) is 15.0. The van der Waals surface area contributed by atoms with Gasteiger partial charge >= 0.3 is 7.82 Å². The van der Waals surface area contributed by atoms with Gasteiger partial charge < -0.3 is 14.7 Å². The van der Waals surface area contributed by atoms with Crippen molar-refractivity contribution in [3.63, 3.8) is 0 Å². The Labute approximate surface area is 130 Å². The summed E-state index contributed by atoms with van der Waals surface area (Å²) in [5, 5.41) is 0. The van der Waals surface area contributed by atoms with Gasteiger partial charge in [-0.1, -0.05) is 40.2 Å². The minimum Gasteiger partial charge on any atom is -0.345 e. The number of hydrogen-bond acceptors (Lipinski definition) is 3. The standard InChI is InChI=1S/C5H13O4P.C5H10.C2H7O2P.CH4/c1-3-5(2)4-9-10(6,7)8;1-4-5(2)3;1-5(2,3)4;/h5H,3-4H2,1-2H3,(H2,6,7,8);2,4H2,1,3H3;1-2H3,(H,3,4);1H4. The Hall–Kier alpha value is 0.0400. The van der Waals surface area contributed by atoms with Gasteiger partial charge in [-0.2, -0.15) is 0 Å². The Morgan fingerprint density at radius 3 is 1.62 bits per heavy atom. The van der Waals surface area contributed by atoms with E-state index in [1.54, 1.807) is 0 Å². The van der Waals surface area contributed by atoms with Crippen molar-refractivity contribution in [3.8, 4) is 0 Å². The second-order valence-corrected chi connectivity index (χ2v) is 8.73. The lowest BCUT2D eigenvalue weighted by atomic mass is 10.1. The van der Waals surface area contributed by atoms with E-state index < -0.39 is 15.2 Å². The molecule has 0 aromatic heterocycles. The summed E-state index contributed by atoms with van der Waals surface area (Å²) in [5.41, 5.74) is 1.25. The molecule has 0 aliphatic heterocycles. The first kappa shape index (κ1) is 29.1. The third-order valence-electron chi connectivity index (χ3n) is 1.83. The van der Waals surface area contributed by atoms with Crippen molar-refractivity contribution in [2.45, 2.75) is 48.0 Å². The highest BCUT2D eigenvalue weighted by molar-refractivity contribution is 7.56. The molecule has 0 radical (unpaired) electrons. The van der Waals surface area contributed by atoms with Crippen LogP contribution in [0.2, 0.25) is 0 Å². The van der Waals surface area contributed by atoms with Crippen LogP contribution in [0, 0.1) is 5.92 Å². The number of rotatable bonds is 5. The molecule has 3 N–H and O–H groups in total. The molecule has 0 amide bonds. The van der Waals surface area contributed by atoms with E-state index in [2.05, 4.69) is 18.0 Å². The van der Waals surface area contributed by atoms with E-state index in [-0.39, 0.29) is 20.0 Å². The summed E-state index contributed by atoms with van der Waals surface area (Å²) < 4.78 is 24.1. The molecular weight excluding hydrogens is 314 g/mol. The molecule has 0 saturated heterocycles. The van der Waals surface area contributed by atoms with Crippen LogP contribution in [0.15, 0.2) is 12.2 Å². The van der Waals surface area contributed by atoms with E-state index in [0.717, 1.165) is 12.8 Å². The van der Waals surface area contributed by atoms with Gasteiger partial charge in [-0.3, -0.25) is 9.09 Å². The van der Waals surface area contributed by atoms with E-state index in [1.807, 2.05) is 20.8 Å². The van der Waals surface area contributed by atoms with Gasteiger partial charge in [0.15, 0.2) is 7.37 Å². The average Bonchev–Trinajstić information content (AvgIpc) is 2.23. The van der Waals surface area contributed by atoms with Crippen molar-refractivity contribution in [1.82, 2.24) is 0 Å². The molecule has 0 aromatic rings.